The minimum absolute atomic E-state index is 0.0152. The molecule has 0 saturated carbocycles. The van der Waals surface area contributed by atoms with E-state index >= 15 is 0 Å². The second kappa shape index (κ2) is 4.68. The van der Waals surface area contributed by atoms with Gasteiger partial charge in [-0.2, -0.15) is 0 Å². The van der Waals surface area contributed by atoms with E-state index in [2.05, 4.69) is 0 Å². The number of alkyl halides is 1. The van der Waals surface area contributed by atoms with Crippen LogP contribution in [0.1, 0.15) is 17.9 Å². The van der Waals surface area contributed by atoms with Crippen LogP contribution in [-0.4, -0.2) is 12.0 Å². The molecule has 0 bridgehead atoms. The first-order valence-corrected chi connectivity index (χ1v) is 5.59. The predicted molar refractivity (Wildman–Crippen MR) is 57.5 cm³/mol. The van der Waals surface area contributed by atoms with E-state index in [0.717, 1.165) is 5.56 Å². The number of rotatable bonds is 3. The third kappa shape index (κ3) is 2.75. The maximum atomic E-state index is 11.0. The molecule has 0 aliphatic carbocycles. The quantitative estimate of drug-likeness (QED) is 0.568. The maximum absolute atomic E-state index is 11.0. The first-order chi connectivity index (χ1) is 6.15. The van der Waals surface area contributed by atoms with Gasteiger partial charge in [-0.1, -0.05) is 12.1 Å². The molecule has 0 aliphatic heterocycles. The van der Waals surface area contributed by atoms with Crippen LogP contribution in [0.15, 0.2) is 29.2 Å². The summed E-state index contributed by atoms with van der Waals surface area (Å²) in [6, 6.07) is 7.73. The van der Waals surface area contributed by atoms with Crippen molar-refractivity contribution in [1.29, 1.82) is 0 Å². The molecule has 0 heterocycles. The van der Waals surface area contributed by atoms with Crippen molar-refractivity contribution in [3.63, 3.8) is 0 Å². The molecule has 0 aliphatic rings. The van der Waals surface area contributed by atoms with Crippen molar-refractivity contribution in [1.82, 2.24) is 0 Å². The number of carbonyl (C=O) groups excluding carboxylic acids is 1. The van der Waals surface area contributed by atoms with Crippen molar-refractivity contribution in [2.75, 3.05) is 6.26 Å². The van der Waals surface area contributed by atoms with Crippen LogP contribution in [0.5, 0.6) is 0 Å². The Kier molecular flexibility index (Phi) is 3.82. The fourth-order valence-electron chi connectivity index (χ4n) is 1.01. The number of hydrogen-bond donors (Lipinski definition) is 0. The van der Waals surface area contributed by atoms with Crippen LogP contribution in [0.4, 0.5) is 0 Å². The van der Waals surface area contributed by atoms with Crippen molar-refractivity contribution in [3.8, 4) is 0 Å². The molecule has 0 amide bonds. The summed E-state index contributed by atoms with van der Waals surface area (Å²) >= 11 is 7.55. The molecule has 13 heavy (non-hydrogen) atoms. The molecule has 0 saturated heterocycles. The minimum atomic E-state index is -0.504. The van der Waals surface area contributed by atoms with E-state index in [4.69, 9.17) is 11.6 Å². The normalized spacial score (nSPS) is 12.5. The summed E-state index contributed by atoms with van der Waals surface area (Å²) < 4.78 is 0. The van der Waals surface area contributed by atoms with Gasteiger partial charge in [0.15, 0.2) is 5.78 Å². The van der Waals surface area contributed by atoms with E-state index < -0.39 is 5.38 Å². The molecule has 1 nitrogen and oxygen atoms in total. The summed E-state index contributed by atoms with van der Waals surface area (Å²) in [6.45, 7) is 1.50. The highest BCUT2D eigenvalue weighted by atomic mass is 35.5. The zero-order valence-electron chi connectivity index (χ0n) is 7.58. The predicted octanol–water partition coefficient (Wildman–Crippen LogP) is 3.28. The molecule has 0 fully saturated rings. The lowest BCUT2D eigenvalue weighted by atomic mass is 10.1. The van der Waals surface area contributed by atoms with Gasteiger partial charge in [0.2, 0.25) is 0 Å². The number of ketones is 1. The van der Waals surface area contributed by atoms with Gasteiger partial charge in [-0.25, -0.2) is 0 Å². The van der Waals surface area contributed by atoms with Gasteiger partial charge in [0.25, 0.3) is 0 Å². The van der Waals surface area contributed by atoms with Crippen LogP contribution >= 0.6 is 23.4 Å². The lowest BCUT2D eigenvalue weighted by molar-refractivity contribution is -0.116. The van der Waals surface area contributed by atoms with Crippen LogP contribution in [-0.2, 0) is 4.79 Å². The Morgan fingerprint density at radius 2 is 1.92 bits per heavy atom. The fraction of sp³-hybridized carbons (Fsp3) is 0.300. The maximum Gasteiger partial charge on any atom is 0.152 e. The van der Waals surface area contributed by atoms with E-state index in [9.17, 15) is 4.79 Å². The van der Waals surface area contributed by atoms with Crippen molar-refractivity contribution in [2.24, 2.45) is 0 Å². The molecule has 1 atom stereocenters. The van der Waals surface area contributed by atoms with E-state index in [1.807, 2.05) is 30.5 Å². The van der Waals surface area contributed by atoms with E-state index in [1.165, 1.54) is 11.8 Å². The first-order valence-electron chi connectivity index (χ1n) is 3.93. The summed E-state index contributed by atoms with van der Waals surface area (Å²) in [7, 11) is 0. The van der Waals surface area contributed by atoms with Gasteiger partial charge >= 0.3 is 0 Å². The molecule has 0 aromatic heterocycles. The lowest BCUT2D eigenvalue weighted by Gasteiger charge is -2.05. The topological polar surface area (TPSA) is 17.1 Å². The summed E-state index contributed by atoms with van der Waals surface area (Å²) in [5.74, 6) is -0.0152. The van der Waals surface area contributed by atoms with Crippen LogP contribution in [0, 0.1) is 0 Å². The Morgan fingerprint density at radius 3 is 2.31 bits per heavy atom. The highest BCUT2D eigenvalue weighted by Gasteiger charge is 2.11. The fourth-order valence-corrected chi connectivity index (χ4v) is 1.56. The Balaban J connectivity index is 2.85. The van der Waals surface area contributed by atoms with Crippen molar-refractivity contribution in [3.05, 3.63) is 29.8 Å². The largest absolute Gasteiger partial charge is 0.298 e. The standard InChI is InChI=1S/C10H11ClOS/c1-7(12)10(11)8-3-5-9(13-2)6-4-8/h3-6,10H,1-2H3. The molecule has 1 unspecified atom stereocenters. The van der Waals surface area contributed by atoms with Gasteiger partial charge in [-0.3, -0.25) is 4.79 Å². The van der Waals surface area contributed by atoms with Crippen LogP contribution in [0.3, 0.4) is 0 Å². The second-order valence-electron chi connectivity index (χ2n) is 2.75. The zero-order valence-corrected chi connectivity index (χ0v) is 9.15. The lowest BCUT2D eigenvalue weighted by Crippen LogP contribution is -2.00. The molecular weight excluding hydrogens is 204 g/mol. The van der Waals surface area contributed by atoms with Crippen molar-refractivity contribution >= 4 is 29.1 Å². The van der Waals surface area contributed by atoms with Crippen molar-refractivity contribution < 1.29 is 4.79 Å². The molecule has 1 rings (SSSR count). The zero-order chi connectivity index (χ0) is 9.84. The molecule has 0 radical (unpaired) electrons. The van der Waals surface area contributed by atoms with E-state index in [1.54, 1.807) is 11.8 Å². The first kappa shape index (κ1) is 10.6. The Bertz CT molecular complexity index is 294. The number of carbonyl (C=O) groups is 1. The molecule has 3 heteroatoms. The third-order valence-electron chi connectivity index (χ3n) is 1.77. The van der Waals surface area contributed by atoms with Gasteiger partial charge in [0, 0.05) is 4.90 Å². The van der Waals surface area contributed by atoms with Gasteiger partial charge in [-0.05, 0) is 30.9 Å². The number of hydrogen-bond acceptors (Lipinski definition) is 2. The van der Waals surface area contributed by atoms with Gasteiger partial charge in [0.1, 0.15) is 5.38 Å². The number of Topliss-reactive ketones (excluding diaryl/α,β-unsaturated/α-hetero) is 1. The molecular formula is C10H11ClOS. The average molecular weight is 215 g/mol. The highest BCUT2D eigenvalue weighted by Crippen LogP contribution is 2.23. The summed E-state index contributed by atoms with van der Waals surface area (Å²) in [5.41, 5.74) is 0.868. The Morgan fingerprint density at radius 1 is 1.38 bits per heavy atom. The van der Waals surface area contributed by atoms with Gasteiger partial charge < -0.3 is 0 Å². The third-order valence-corrected chi connectivity index (χ3v) is 3.07. The molecule has 0 spiro atoms. The monoisotopic (exact) mass is 214 g/mol. The van der Waals surface area contributed by atoms with Gasteiger partial charge in [-0.15, -0.1) is 23.4 Å². The van der Waals surface area contributed by atoms with Crippen LogP contribution < -0.4 is 0 Å². The number of benzene rings is 1. The molecule has 1 aromatic carbocycles. The Labute approximate surface area is 87.5 Å². The molecule has 1 aromatic rings. The molecule has 70 valence electrons. The summed E-state index contributed by atoms with van der Waals surface area (Å²) in [5, 5.41) is -0.504. The summed E-state index contributed by atoms with van der Waals surface area (Å²) in [4.78, 5) is 12.1. The van der Waals surface area contributed by atoms with E-state index in [-0.39, 0.29) is 5.78 Å². The molecule has 0 N–H and O–H groups in total. The SMILES string of the molecule is CSc1ccc(C(Cl)C(C)=O)cc1. The number of halogens is 1. The van der Waals surface area contributed by atoms with Crippen molar-refractivity contribution in [2.45, 2.75) is 17.2 Å². The summed E-state index contributed by atoms with van der Waals surface area (Å²) in [6.07, 6.45) is 2.01. The van der Waals surface area contributed by atoms with E-state index in [0.29, 0.717) is 0 Å². The smallest absolute Gasteiger partial charge is 0.152 e. The Hall–Kier alpha value is -0.470. The van der Waals surface area contributed by atoms with Crippen LogP contribution in [0.25, 0.3) is 0 Å². The van der Waals surface area contributed by atoms with Crippen LogP contribution in [0.2, 0.25) is 0 Å². The average Bonchev–Trinajstić information content (AvgIpc) is 2.17. The number of thioether (sulfide) groups is 1. The minimum Gasteiger partial charge on any atom is -0.298 e. The van der Waals surface area contributed by atoms with Gasteiger partial charge in [0.05, 0.1) is 0 Å². The highest BCUT2D eigenvalue weighted by molar-refractivity contribution is 7.98. The second-order valence-corrected chi connectivity index (χ2v) is 4.06.